The summed E-state index contributed by atoms with van der Waals surface area (Å²) in [6.07, 6.45) is 6.52. The summed E-state index contributed by atoms with van der Waals surface area (Å²) in [6.45, 7) is 5.78. The Morgan fingerprint density at radius 1 is 1.67 bits per heavy atom. The Kier molecular flexibility index (Phi) is 4.16. The van der Waals surface area contributed by atoms with Crippen LogP contribution in [-0.4, -0.2) is 11.8 Å². The highest BCUT2D eigenvalue weighted by Gasteiger charge is 1.93. The van der Waals surface area contributed by atoms with Crippen LogP contribution in [0.2, 0.25) is 6.82 Å². The maximum Gasteiger partial charge on any atom is 0.250 e. The first-order valence-corrected chi connectivity index (χ1v) is 4.94. The predicted octanol–water partition coefficient (Wildman–Crippen LogP) is 1.75. The molecule has 3 heteroatoms. The largest absolute Gasteiger partial charge is 0.319 e. The molecule has 0 aliphatic carbocycles. The minimum Gasteiger partial charge on any atom is -0.319 e. The molecule has 0 aliphatic heterocycles. The number of nitrogens with zero attached hydrogens (tertiary/aromatic N) is 1. The van der Waals surface area contributed by atoms with E-state index in [1.54, 1.807) is 23.9 Å². The van der Waals surface area contributed by atoms with Gasteiger partial charge in [-0.3, -0.25) is 4.79 Å². The van der Waals surface area contributed by atoms with Crippen molar-refractivity contribution < 1.29 is 0 Å². The average molecular weight is 200 g/mol. The molecular formula is C12H15BNO. The van der Waals surface area contributed by atoms with Gasteiger partial charge in [-0.2, -0.15) is 0 Å². The molecule has 1 heterocycles. The molecule has 0 amide bonds. The third-order valence-corrected chi connectivity index (χ3v) is 2.22. The van der Waals surface area contributed by atoms with Crippen molar-refractivity contribution in [1.82, 2.24) is 4.57 Å². The van der Waals surface area contributed by atoms with E-state index in [-0.39, 0.29) is 5.56 Å². The lowest BCUT2D eigenvalue weighted by atomic mass is 9.73. The maximum absolute atomic E-state index is 11.3. The van der Waals surface area contributed by atoms with Crippen molar-refractivity contribution in [1.29, 1.82) is 0 Å². The lowest BCUT2D eigenvalue weighted by Crippen LogP contribution is -2.14. The van der Waals surface area contributed by atoms with Gasteiger partial charge in [-0.15, -0.1) is 6.58 Å². The van der Waals surface area contributed by atoms with Crippen LogP contribution in [0.15, 0.2) is 47.3 Å². The smallest absolute Gasteiger partial charge is 0.250 e. The molecule has 0 unspecified atom stereocenters. The van der Waals surface area contributed by atoms with Crippen molar-refractivity contribution in [2.24, 2.45) is 7.05 Å². The standard InChI is InChI=1S/C12H15BNO/c1-10(13-2)5-4-6-11-7-8-14(3)12(15)9-11/h4-5,7-9H,1,6H2,2-3H3/b5-4-. The van der Waals surface area contributed by atoms with E-state index in [4.69, 9.17) is 0 Å². The highest BCUT2D eigenvalue weighted by atomic mass is 16.1. The number of hydrogen-bond acceptors (Lipinski definition) is 1. The molecule has 0 aromatic carbocycles. The van der Waals surface area contributed by atoms with Crippen LogP contribution < -0.4 is 5.56 Å². The second kappa shape index (κ2) is 5.39. The lowest BCUT2D eigenvalue weighted by molar-refractivity contribution is 0.853. The van der Waals surface area contributed by atoms with Crippen molar-refractivity contribution >= 4 is 7.28 Å². The van der Waals surface area contributed by atoms with Crippen molar-refractivity contribution in [3.63, 3.8) is 0 Å². The van der Waals surface area contributed by atoms with Gasteiger partial charge < -0.3 is 4.57 Å². The monoisotopic (exact) mass is 200 g/mol. The number of pyridine rings is 1. The summed E-state index contributed by atoms with van der Waals surface area (Å²) in [5.74, 6) is 0. The molecule has 0 N–H and O–H groups in total. The summed E-state index contributed by atoms with van der Waals surface area (Å²) >= 11 is 0. The number of rotatable bonds is 4. The van der Waals surface area contributed by atoms with Crippen LogP contribution >= 0.6 is 0 Å². The maximum atomic E-state index is 11.3. The minimum atomic E-state index is 0.0294. The summed E-state index contributed by atoms with van der Waals surface area (Å²) in [5, 5.41) is 0. The number of aromatic nitrogens is 1. The number of hydrogen-bond donors (Lipinski definition) is 0. The van der Waals surface area contributed by atoms with E-state index >= 15 is 0 Å². The van der Waals surface area contributed by atoms with Gasteiger partial charge >= 0.3 is 0 Å². The minimum absolute atomic E-state index is 0.0294. The molecule has 0 bridgehead atoms. The third kappa shape index (κ3) is 3.62. The van der Waals surface area contributed by atoms with Gasteiger partial charge in [0.2, 0.25) is 0 Å². The van der Waals surface area contributed by atoms with Crippen LogP contribution in [0.4, 0.5) is 0 Å². The fourth-order valence-electron chi connectivity index (χ4n) is 1.16. The summed E-state index contributed by atoms with van der Waals surface area (Å²) in [5.41, 5.74) is 2.04. The van der Waals surface area contributed by atoms with Gasteiger partial charge in [0.05, 0.1) is 0 Å². The zero-order valence-corrected chi connectivity index (χ0v) is 9.23. The van der Waals surface area contributed by atoms with Crippen molar-refractivity contribution in [3.05, 3.63) is 58.5 Å². The van der Waals surface area contributed by atoms with Gasteiger partial charge in [-0.1, -0.05) is 24.4 Å². The van der Waals surface area contributed by atoms with Crippen molar-refractivity contribution in [2.75, 3.05) is 0 Å². The van der Waals surface area contributed by atoms with Gasteiger partial charge in [0.15, 0.2) is 0 Å². The van der Waals surface area contributed by atoms with Crippen LogP contribution in [0.1, 0.15) is 5.56 Å². The Hall–Kier alpha value is -1.51. The van der Waals surface area contributed by atoms with Crippen LogP contribution in [0, 0.1) is 0 Å². The summed E-state index contributed by atoms with van der Waals surface area (Å²) in [4.78, 5) is 11.3. The Bertz CT molecular complexity index is 431. The van der Waals surface area contributed by atoms with Gasteiger partial charge in [-0.25, -0.2) is 0 Å². The molecule has 0 saturated heterocycles. The zero-order chi connectivity index (χ0) is 11.3. The molecule has 0 fully saturated rings. The Labute approximate surface area is 91.2 Å². The van der Waals surface area contributed by atoms with Crippen LogP contribution in [0.5, 0.6) is 0 Å². The van der Waals surface area contributed by atoms with E-state index in [2.05, 4.69) is 6.58 Å². The van der Waals surface area contributed by atoms with Gasteiger partial charge in [0, 0.05) is 19.3 Å². The van der Waals surface area contributed by atoms with Gasteiger partial charge in [-0.05, 0) is 18.1 Å². The number of aryl methyl sites for hydroxylation is 1. The number of allylic oxidation sites excluding steroid dienone is 3. The molecule has 1 aromatic heterocycles. The molecule has 1 aromatic rings. The second-order valence-electron chi connectivity index (χ2n) is 3.45. The van der Waals surface area contributed by atoms with E-state index in [9.17, 15) is 4.79 Å². The zero-order valence-electron chi connectivity index (χ0n) is 9.23. The fraction of sp³-hybridized carbons (Fsp3) is 0.250. The molecule has 0 aliphatic rings. The summed E-state index contributed by atoms with van der Waals surface area (Å²) in [7, 11) is 3.69. The predicted molar refractivity (Wildman–Crippen MR) is 65.3 cm³/mol. The van der Waals surface area contributed by atoms with Crippen molar-refractivity contribution in [3.8, 4) is 0 Å². The fourth-order valence-corrected chi connectivity index (χ4v) is 1.16. The molecule has 77 valence electrons. The first kappa shape index (κ1) is 11.6. The third-order valence-electron chi connectivity index (χ3n) is 2.22. The second-order valence-corrected chi connectivity index (χ2v) is 3.45. The first-order valence-electron chi connectivity index (χ1n) is 4.94. The molecule has 0 saturated carbocycles. The van der Waals surface area contributed by atoms with Crippen molar-refractivity contribution in [2.45, 2.75) is 13.2 Å². The normalized spacial score (nSPS) is 10.5. The van der Waals surface area contributed by atoms with Gasteiger partial charge in [0.1, 0.15) is 7.28 Å². The van der Waals surface area contributed by atoms with Crippen LogP contribution in [0.3, 0.4) is 0 Å². The molecule has 0 atom stereocenters. The van der Waals surface area contributed by atoms with Gasteiger partial charge in [0.25, 0.3) is 5.56 Å². The van der Waals surface area contributed by atoms with E-state index in [1.165, 1.54) is 0 Å². The van der Waals surface area contributed by atoms with E-state index in [0.29, 0.717) is 0 Å². The molecule has 15 heavy (non-hydrogen) atoms. The van der Waals surface area contributed by atoms with E-state index < -0.39 is 0 Å². The highest BCUT2D eigenvalue weighted by molar-refractivity contribution is 6.44. The van der Waals surface area contributed by atoms with Crippen LogP contribution in [-0.2, 0) is 13.5 Å². The molecule has 2 nitrogen and oxygen atoms in total. The molecule has 0 spiro atoms. The summed E-state index contributed by atoms with van der Waals surface area (Å²) < 4.78 is 1.56. The Morgan fingerprint density at radius 3 is 3.00 bits per heavy atom. The Balaban J connectivity index is 2.66. The SMILES string of the molecule is C=C([B]C)/C=C\Cc1ccn(C)c(=O)c1. The molecular weight excluding hydrogens is 185 g/mol. The first-order chi connectivity index (χ1) is 7.13. The molecule has 1 radical (unpaired) electrons. The topological polar surface area (TPSA) is 22.0 Å². The summed E-state index contributed by atoms with van der Waals surface area (Å²) in [6, 6.07) is 3.60. The Morgan fingerprint density at radius 2 is 2.40 bits per heavy atom. The molecule has 1 rings (SSSR count). The average Bonchev–Trinajstić information content (AvgIpc) is 2.23. The van der Waals surface area contributed by atoms with E-state index in [1.807, 2.05) is 32.3 Å². The quantitative estimate of drug-likeness (QED) is 0.536. The highest BCUT2D eigenvalue weighted by Crippen LogP contribution is 1.98. The van der Waals surface area contributed by atoms with E-state index in [0.717, 1.165) is 17.5 Å². The van der Waals surface area contributed by atoms with Crippen LogP contribution in [0.25, 0.3) is 0 Å². The lowest BCUT2D eigenvalue weighted by Gasteiger charge is -1.99.